The molecule has 2 heterocycles. The number of nitrogens with zero attached hydrogens (tertiary/aromatic N) is 5. The van der Waals surface area contributed by atoms with Gasteiger partial charge in [-0.2, -0.15) is 14.7 Å². The predicted molar refractivity (Wildman–Crippen MR) is 181 cm³/mol. The highest BCUT2D eigenvalue weighted by Crippen LogP contribution is 2.49. The molecule has 0 saturated carbocycles. The van der Waals surface area contributed by atoms with Gasteiger partial charge in [0.1, 0.15) is 23.6 Å². The molecule has 0 aromatic carbocycles. The van der Waals surface area contributed by atoms with Crippen LogP contribution in [0.2, 0.25) is 18.1 Å². The summed E-state index contributed by atoms with van der Waals surface area (Å²) in [4.78, 5) is 46.8. The normalized spacial score (nSPS) is 13.7. The maximum Gasteiger partial charge on any atom is 0.427 e. The Kier molecular flexibility index (Phi) is 13.4. The van der Waals surface area contributed by atoms with Crippen LogP contribution in [0.25, 0.3) is 11.2 Å². The number of fused-ring (bicyclic) bond motifs is 1. The van der Waals surface area contributed by atoms with Gasteiger partial charge in [0, 0.05) is 6.42 Å². The van der Waals surface area contributed by atoms with Gasteiger partial charge in [0.15, 0.2) is 13.8 Å². The van der Waals surface area contributed by atoms with Gasteiger partial charge in [-0.05, 0) is 73.5 Å². The van der Waals surface area contributed by atoms with Crippen molar-refractivity contribution in [3.05, 3.63) is 6.33 Å². The van der Waals surface area contributed by atoms with E-state index in [4.69, 9.17) is 32.5 Å². The third-order valence-electron chi connectivity index (χ3n) is 6.94. The van der Waals surface area contributed by atoms with Crippen LogP contribution in [0.3, 0.4) is 0 Å². The number of imidazole rings is 1. The summed E-state index contributed by atoms with van der Waals surface area (Å²) in [5, 5.41) is -0.0759. The minimum absolute atomic E-state index is 0.0317. The first kappa shape index (κ1) is 40.4. The van der Waals surface area contributed by atoms with Crippen LogP contribution < -0.4 is 14.5 Å². The van der Waals surface area contributed by atoms with E-state index in [1.54, 1.807) is 55.4 Å². The fourth-order valence-corrected chi connectivity index (χ4v) is 6.48. The summed E-state index contributed by atoms with van der Waals surface area (Å²) in [6.45, 7) is 24.7. The molecule has 2 aromatic rings. The zero-order valence-corrected chi connectivity index (χ0v) is 32.4. The van der Waals surface area contributed by atoms with Crippen molar-refractivity contribution in [3.63, 3.8) is 0 Å². The molecule has 1 unspecified atom stereocenters. The van der Waals surface area contributed by atoms with Crippen molar-refractivity contribution in [2.75, 3.05) is 38.0 Å². The Morgan fingerprint density at radius 3 is 1.91 bits per heavy atom. The number of ether oxygens (including phenoxy) is 3. The fourth-order valence-electron chi connectivity index (χ4n) is 3.72. The number of rotatable bonds is 14. The highest BCUT2D eigenvalue weighted by molar-refractivity contribution is 7.53. The smallest absolute Gasteiger partial charge is 0.427 e. The Hall–Kier alpha value is -2.78. The van der Waals surface area contributed by atoms with Gasteiger partial charge in [0.25, 0.3) is 0 Å². The minimum atomic E-state index is -3.40. The molecule has 0 bridgehead atoms. The number of imide groups is 1. The van der Waals surface area contributed by atoms with Crippen molar-refractivity contribution < 1.29 is 46.7 Å². The predicted octanol–water partition coefficient (Wildman–Crippen LogP) is 6.99. The fraction of sp³-hybridized carbons (Fsp3) is 0.767. The molecule has 0 aliphatic rings. The molecule has 2 amide bonds. The maximum atomic E-state index is 13.3. The van der Waals surface area contributed by atoms with Crippen LogP contribution >= 0.6 is 7.60 Å². The van der Waals surface area contributed by atoms with E-state index in [0.717, 1.165) is 0 Å². The van der Waals surface area contributed by atoms with Gasteiger partial charge >= 0.3 is 19.8 Å². The molecule has 0 radical (unpaired) electrons. The molecule has 2 aromatic heterocycles. The SMILES string of the molecule is CCOP(=O)(CCC(CO[Si](C)(C)C(C)(C)C)On1cnc2c(OC)nc(N(C(=O)OC(C)(C)C)C(=O)OC(C)(C)C)nc21)OCC. The second kappa shape index (κ2) is 15.6. The summed E-state index contributed by atoms with van der Waals surface area (Å²) in [5.74, 6) is -0.412. The average Bonchev–Trinajstić information content (AvgIpc) is 3.30. The molecule has 17 heteroatoms. The summed E-state index contributed by atoms with van der Waals surface area (Å²) in [5.41, 5.74) is -1.62. The molecule has 0 N–H and O–H groups in total. The van der Waals surface area contributed by atoms with Crippen molar-refractivity contribution in [3.8, 4) is 5.88 Å². The third kappa shape index (κ3) is 11.7. The van der Waals surface area contributed by atoms with E-state index in [9.17, 15) is 14.2 Å². The number of hydrogen-bond acceptors (Lipinski definition) is 13. The molecular formula is C30H54N5O10PSi. The van der Waals surface area contributed by atoms with Crippen molar-refractivity contribution in [1.29, 1.82) is 0 Å². The zero-order chi connectivity index (χ0) is 36.0. The summed E-state index contributed by atoms with van der Waals surface area (Å²) in [7, 11) is -4.26. The van der Waals surface area contributed by atoms with Crippen LogP contribution in [-0.4, -0.2) is 90.6 Å². The van der Waals surface area contributed by atoms with Gasteiger partial charge in [0.2, 0.25) is 17.5 Å². The molecule has 1 atom stereocenters. The first-order chi connectivity index (χ1) is 21.5. The minimum Gasteiger partial charge on any atom is -0.479 e. The highest BCUT2D eigenvalue weighted by Gasteiger charge is 2.39. The number of carbonyl (C=O) groups excluding carboxylic acids is 2. The van der Waals surface area contributed by atoms with Crippen LogP contribution in [0.4, 0.5) is 15.5 Å². The van der Waals surface area contributed by atoms with Crippen molar-refractivity contribution in [2.45, 2.75) is 118 Å². The summed E-state index contributed by atoms with van der Waals surface area (Å²) in [6.07, 6.45) is -1.09. The molecule has 268 valence electrons. The van der Waals surface area contributed by atoms with Crippen LogP contribution in [0, 0.1) is 0 Å². The summed E-state index contributed by atoms with van der Waals surface area (Å²) < 4.78 is 48.6. The Labute approximate surface area is 279 Å². The molecule has 0 aliphatic carbocycles. The summed E-state index contributed by atoms with van der Waals surface area (Å²) in [6, 6.07) is 0. The molecular weight excluding hydrogens is 649 g/mol. The maximum absolute atomic E-state index is 13.3. The van der Waals surface area contributed by atoms with E-state index >= 15 is 0 Å². The number of amides is 2. The van der Waals surface area contributed by atoms with Gasteiger partial charge < -0.3 is 32.5 Å². The highest BCUT2D eigenvalue weighted by atomic mass is 31.2. The second-order valence-corrected chi connectivity index (χ2v) is 21.3. The van der Waals surface area contributed by atoms with Crippen LogP contribution in [0.15, 0.2) is 6.33 Å². The number of anilines is 1. The molecule has 2 rings (SSSR count). The quantitative estimate of drug-likeness (QED) is 0.146. The lowest BCUT2D eigenvalue weighted by atomic mass is 10.2. The molecule has 0 saturated heterocycles. The van der Waals surface area contributed by atoms with Gasteiger partial charge in [0.05, 0.1) is 33.1 Å². The molecule has 15 nitrogen and oxygen atoms in total. The van der Waals surface area contributed by atoms with Gasteiger partial charge in [-0.25, -0.2) is 14.6 Å². The second-order valence-electron chi connectivity index (χ2n) is 14.3. The Morgan fingerprint density at radius 2 is 1.47 bits per heavy atom. The van der Waals surface area contributed by atoms with E-state index in [-0.39, 0.29) is 60.4 Å². The monoisotopic (exact) mass is 703 g/mol. The van der Waals surface area contributed by atoms with Crippen molar-refractivity contribution in [1.82, 2.24) is 19.7 Å². The summed E-state index contributed by atoms with van der Waals surface area (Å²) >= 11 is 0. The zero-order valence-electron chi connectivity index (χ0n) is 30.5. The van der Waals surface area contributed by atoms with E-state index in [1.165, 1.54) is 18.2 Å². The Balaban J connectivity index is 2.63. The molecule has 47 heavy (non-hydrogen) atoms. The number of carbonyl (C=O) groups is 2. The van der Waals surface area contributed by atoms with Crippen LogP contribution in [0.1, 0.15) is 82.6 Å². The lowest BCUT2D eigenvalue weighted by molar-refractivity contribution is 0.00721. The Morgan fingerprint density at radius 1 is 0.936 bits per heavy atom. The standard InChI is InChI=1S/C30H54N5O10PSi/c1-15-40-46(38,41-16-2)18-17-21(19-42-47(13,14)30(9,10)11)45-34-20-31-22-23(34)32-25(33-24(22)39-12)35(26(36)43-28(3,4)5)27(37)44-29(6,7)8/h20-21H,15-19H2,1-14H3. The largest absolute Gasteiger partial charge is 0.479 e. The first-order valence-corrected chi connectivity index (χ1v) is 20.3. The average molecular weight is 704 g/mol. The van der Waals surface area contributed by atoms with E-state index in [2.05, 4.69) is 48.8 Å². The van der Waals surface area contributed by atoms with Gasteiger partial charge in [-0.3, -0.25) is 4.57 Å². The topological polar surface area (TPSA) is 163 Å². The van der Waals surface area contributed by atoms with E-state index in [1.807, 2.05) is 0 Å². The molecule has 0 spiro atoms. The van der Waals surface area contributed by atoms with Gasteiger partial charge in [-0.15, -0.1) is 4.90 Å². The lowest BCUT2D eigenvalue weighted by Gasteiger charge is -2.37. The van der Waals surface area contributed by atoms with Crippen molar-refractivity contribution >= 4 is 45.2 Å². The van der Waals surface area contributed by atoms with Crippen molar-refractivity contribution in [2.24, 2.45) is 0 Å². The number of hydrogen-bond donors (Lipinski definition) is 0. The number of aromatic nitrogens is 4. The van der Waals surface area contributed by atoms with Crippen LogP contribution in [-0.2, 0) is 27.5 Å². The first-order valence-electron chi connectivity index (χ1n) is 15.7. The van der Waals surface area contributed by atoms with Crippen LogP contribution in [0.5, 0.6) is 5.88 Å². The molecule has 0 aliphatic heterocycles. The lowest BCUT2D eigenvalue weighted by Crippen LogP contribution is -2.45. The van der Waals surface area contributed by atoms with Gasteiger partial charge in [-0.1, -0.05) is 20.8 Å². The third-order valence-corrected chi connectivity index (χ3v) is 13.6. The van der Waals surface area contributed by atoms with E-state index in [0.29, 0.717) is 4.90 Å². The van der Waals surface area contributed by atoms with E-state index < -0.39 is 45.4 Å². The Bertz CT molecular complexity index is 1380. The number of methoxy groups -OCH3 is 1. The molecule has 0 fully saturated rings.